The zero-order valence-electron chi connectivity index (χ0n) is 20.3. The highest BCUT2D eigenvalue weighted by Crippen LogP contribution is 2.23. The molecule has 184 valence electrons. The lowest BCUT2D eigenvalue weighted by Gasteiger charge is -2.28. The summed E-state index contributed by atoms with van der Waals surface area (Å²) >= 11 is 1.25. The maximum Gasteiger partial charge on any atom is 0.256 e. The number of anilines is 1. The largest absolute Gasteiger partial charge is 0.496 e. The summed E-state index contributed by atoms with van der Waals surface area (Å²) in [6.07, 6.45) is 4.07. The molecule has 0 bridgehead atoms. The molecule has 1 amide bonds. The number of methoxy groups -OCH3 is 1. The van der Waals surface area contributed by atoms with Crippen LogP contribution in [0, 0.1) is 0 Å². The Morgan fingerprint density at radius 2 is 2.00 bits per heavy atom. The van der Waals surface area contributed by atoms with Gasteiger partial charge in [-0.1, -0.05) is 55.4 Å². The summed E-state index contributed by atoms with van der Waals surface area (Å²) in [7, 11) is 1.67. The first-order valence-corrected chi connectivity index (χ1v) is 13.0. The van der Waals surface area contributed by atoms with E-state index in [0.29, 0.717) is 30.2 Å². The number of unbranched alkanes of at least 4 members (excludes halogenated alkanes) is 1. The maximum atomic E-state index is 12.8. The van der Waals surface area contributed by atoms with Crippen molar-refractivity contribution in [3.8, 4) is 5.75 Å². The van der Waals surface area contributed by atoms with Crippen LogP contribution in [0.15, 0.2) is 58.5 Å². The molecule has 1 aliphatic rings. The number of aromatic nitrogens is 2. The monoisotopic (exact) mass is 492 g/mol. The molecule has 0 atom stereocenters. The standard InChI is InChI=1S/C27H32N4O3S/c1-3-4-7-19-10-12-21(13-11-19)28-25(32)18-35-27-29-23-14-15-31(17-22(23)26(33)30-27)16-20-8-5-6-9-24(20)34-2/h5-6,8-13H,3-4,7,14-18H2,1-2H3,(H,28,32)(H,29,30,33). The number of rotatable bonds is 10. The zero-order valence-corrected chi connectivity index (χ0v) is 21.1. The number of aryl methyl sites for hydroxylation is 1. The number of carbonyl (C=O) groups excluding carboxylic acids is 1. The third kappa shape index (κ3) is 6.74. The summed E-state index contributed by atoms with van der Waals surface area (Å²) < 4.78 is 5.46. The summed E-state index contributed by atoms with van der Waals surface area (Å²) in [5, 5.41) is 3.40. The lowest BCUT2D eigenvalue weighted by molar-refractivity contribution is -0.113. The topological polar surface area (TPSA) is 87.3 Å². The Bertz CT molecular complexity index is 1210. The molecule has 4 rings (SSSR count). The number of para-hydroxylation sites is 1. The van der Waals surface area contributed by atoms with E-state index in [1.165, 1.54) is 17.3 Å². The molecule has 1 aromatic heterocycles. The van der Waals surface area contributed by atoms with Crippen LogP contribution in [0.25, 0.3) is 0 Å². The molecule has 7 nitrogen and oxygen atoms in total. The van der Waals surface area contributed by atoms with E-state index in [0.717, 1.165) is 48.5 Å². The van der Waals surface area contributed by atoms with Gasteiger partial charge in [-0.2, -0.15) is 0 Å². The molecule has 0 saturated heterocycles. The lowest BCUT2D eigenvalue weighted by atomic mass is 10.1. The highest BCUT2D eigenvalue weighted by Gasteiger charge is 2.22. The molecule has 1 aliphatic heterocycles. The van der Waals surface area contributed by atoms with Gasteiger partial charge in [0, 0.05) is 37.3 Å². The van der Waals surface area contributed by atoms with Gasteiger partial charge < -0.3 is 15.0 Å². The average molecular weight is 493 g/mol. The second kappa shape index (κ2) is 12.0. The Kier molecular flexibility index (Phi) is 8.60. The molecule has 2 N–H and O–H groups in total. The van der Waals surface area contributed by atoms with Crippen molar-refractivity contribution in [1.29, 1.82) is 0 Å². The Labute approximate surface area is 210 Å². The van der Waals surface area contributed by atoms with E-state index >= 15 is 0 Å². The van der Waals surface area contributed by atoms with Gasteiger partial charge >= 0.3 is 0 Å². The Hall–Kier alpha value is -3.10. The third-order valence-corrected chi connectivity index (χ3v) is 6.98. The van der Waals surface area contributed by atoms with Gasteiger partial charge in [0.2, 0.25) is 5.91 Å². The van der Waals surface area contributed by atoms with Crippen molar-refractivity contribution in [2.45, 2.75) is 50.9 Å². The SMILES string of the molecule is CCCCc1ccc(NC(=O)CSc2nc3c(c(=O)[nH]2)CN(Cc2ccccc2OC)CC3)cc1. The van der Waals surface area contributed by atoms with Crippen molar-refractivity contribution in [3.63, 3.8) is 0 Å². The number of amides is 1. The van der Waals surface area contributed by atoms with Crippen LogP contribution < -0.4 is 15.6 Å². The summed E-state index contributed by atoms with van der Waals surface area (Å²) in [6.45, 7) is 4.23. The van der Waals surface area contributed by atoms with Crippen LogP contribution in [0.4, 0.5) is 5.69 Å². The van der Waals surface area contributed by atoms with Crippen molar-refractivity contribution in [2.24, 2.45) is 0 Å². The minimum atomic E-state index is -0.134. The predicted octanol–water partition coefficient (Wildman–Crippen LogP) is 4.41. The van der Waals surface area contributed by atoms with E-state index in [1.54, 1.807) is 7.11 Å². The van der Waals surface area contributed by atoms with E-state index in [1.807, 2.05) is 36.4 Å². The number of hydrogen-bond donors (Lipinski definition) is 2. The van der Waals surface area contributed by atoms with Gasteiger partial charge in [0.15, 0.2) is 5.16 Å². The molecule has 0 spiro atoms. The molecular formula is C27H32N4O3S. The van der Waals surface area contributed by atoms with E-state index < -0.39 is 0 Å². The maximum absolute atomic E-state index is 12.8. The summed E-state index contributed by atoms with van der Waals surface area (Å²) in [6, 6.07) is 15.9. The Balaban J connectivity index is 1.32. The van der Waals surface area contributed by atoms with Crippen LogP contribution in [0.5, 0.6) is 5.75 Å². The van der Waals surface area contributed by atoms with Crippen LogP contribution in [-0.2, 0) is 30.7 Å². The molecule has 0 aliphatic carbocycles. The minimum absolute atomic E-state index is 0.125. The fourth-order valence-corrected chi connectivity index (χ4v) is 4.88. The number of thioether (sulfide) groups is 1. The van der Waals surface area contributed by atoms with E-state index in [-0.39, 0.29) is 17.2 Å². The first-order valence-electron chi connectivity index (χ1n) is 12.0. The molecular weight excluding hydrogens is 460 g/mol. The number of ether oxygens (including phenoxy) is 1. The van der Waals surface area contributed by atoms with Crippen molar-refractivity contribution >= 4 is 23.4 Å². The summed E-state index contributed by atoms with van der Waals surface area (Å²) in [5.74, 6) is 0.904. The molecule has 0 saturated carbocycles. The number of aromatic amines is 1. The summed E-state index contributed by atoms with van der Waals surface area (Å²) in [4.78, 5) is 34.9. The molecule has 35 heavy (non-hydrogen) atoms. The quantitative estimate of drug-likeness (QED) is 0.322. The normalized spacial score (nSPS) is 13.3. The minimum Gasteiger partial charge on any atom is -0.496 e. The van der Waals surface area contributed by atoms with Crippen molar-refractivity contribution in [3.05, 3.63) is 81.3 Å². The molecule has 2 aromatic carbocycles. The van der Waals surface area contributed by atoms with Crippen LogP contribution in [-0.4, -0.2) is 40.2 Å². The third-order valence-electron chi connectivity index (χ3n) is 6.11. The van der Waals surface area contributed by atoms with Gasteiger partial charge in [0.05, 0.1) is 24.1 Å². The number of carbonyl (C=O) groups is 1. The number of fused-ring (bicyclic) bond motifs is 1. The Morgan fingerprint density at radius 1 is 1.20 bits per heavy atom. The van der Waals surface area contributed by atoms with Gasteiger partial charge in [-0.25, -0.2) is 4.98 Å². The lowest BCUT2D eigenvalue weighted by Crippen LogP contribution is -2.35. The number of H-pyrrole nitrogens is 1. The molecule has 0 radical (unpaired) electrons. The van der Waals surface area contributed by atoms with Crippen molar-refractivity contribution in [2.75, 3.05) is 24.7 Å². The zero-order chi connectivity index (χ0) is 24.6. The second-order valence-corrected chi connectivity index (χ2v) is 9.67. The van der Waals surface area contributed by atoms with Crippen molar-refractivity contribution in [1.82, 2.24) is 14.9 Å². The Morgan fingerprint density at radius 3 is 2.77 bits per heavy atom. The fraction of sp³-hybridized carbons (Fsp3) is 0.370. The second-order valence-electron chi connectivity index (χ2n) is 8.71. The van der Waals surface area contributed by atoms with Crippen LogP contribution in [0.1, 0.15) is 42.1 Å². The van der Waals surface area contributed by atoms with E-state index in [9.17, 15) is 9.59 Å². The van der Waals surface area contributed by atoms with Crippen LogP contribution >= 0.6 is 11.8 Å². The first-order chi connectivity index (χ1) is 17.1. The number of nitrogens with one attached hydrogen (secondary N) is 2. The number of benzene rings is 2. The number of hydrogen-bond acceptors (Lipinski definition) is 6. The summed E-state index contributed by atoms with van der Waals surface area (Å²) in [5.41, 5.74) is 4.52. The highest BCUT2D eigenvalue weighted by molar-refractivity contribution is 7.99. The predicted molar refractivity (Wildman–Crippen MR) is 140 cm³/mol. The molecule has 2 heterocycles. The number of nitrogens with zero attached hydrogens (tertiary/aromatic N) is 2. The molecule has 3 aromatic rings. The molecule has 0 unspecified atom stereocenters. The van der Waals surface area contributed by atoms with E-state index in [2.05, 4.69) is 39.2 Å². The average Bonchev–Trinajstić information content (AvgIpc) is 2.88. The van der Waals surface area contributed by atoms with Crippen LogP contribution in [0.3, 0.4) is 0 Å². The highest BCUT2D eigenvalue weighted by atomic mass is 32.2. The first kappa shape index (κ1) is 25.0. The van der Waals surface area contributed by atoms with Crippen molar-refractivity contribution < 1.29 is 9.53 Å². The van der Waals surface area contributed by atoms with Gasteiger partial charge in [0.1, 0.15) is 5.75 Å². The van der Waals surface area contributed by atoms with Gasteiger partial charge in [-0.05, 0) is 36.6 Å². The molecule has 0 fully saturated rings. The fourth-order valence-electron chi connectivity index (χ4n) is 4.20. The molecule has 8 heteroatoms. The van der Waals surface area contributed by atoms with E-state index in [4.69, 9.17) is 4.74 Å². The smallest absolute Gasteiger partial charge is 0.256 e. The van der Waals surface area contributed by atoms with Gasteiger partial charge in [-0.15, -0.1) is 0 Å². The van der Waals surface area contributed by atoms with Gasteiger partial charge in [0.25, 0.3) is 5.56 Å². The van der Waals surface area contributed by atoms with Crippen LogP contribution in [0.2, 0.25) is 0 Å². The van der Waals surface area contributed by atoms with Gasteiger partial charge in [-0.3, -0.25) is 14.5 Å².